The molecule has 1 aromatic rings. The summed E-state index contributed by atoms with van der Waals surface area (Å²) in [4.78, 5) is 0. The lowest BCUT2D eigenvalue weighted by molar-refractivity contribution is 0.438. The fourth-order valence-corrected chi connectivity index (χ4v) is 1.67. The molecular weight excluding hydrogens is 162 g/mol. The van der Waals surface area contributed by atoms with Crippen molar-refractivity contribution >= 4 is 0 Å². The van der Waals surface area contributed by atoms with Gasteiger partial charge in [0.2, 0.25) is 0 Å². The molecule has 1 saturated carbocycles. The molecule has 0 bridgehead atoms. The summed E-state index contributed by atoms with van der Waals surface area (Å²) in [5.41, 5.74) is 5.57. The first-order chi connectivity index (χ1) is 6.22. The fourth-order valence-electron chi connectivity index (χ4n) is 1.67. The van der Waals surface area contributed by atoms with E-state index in [0.717, 1.165) is 17.4 Å². The normalized spacial score (nSPS) is 28.8. The second-order valence-electron chi connectivity index (χ2n) is 4.20. The zero-order valence-electron chi connectivity index (χ0n) is 8.29. The van der Waals surface area contributed by atoms with E-state index in [-0.39, 0.29) is 0 Å². The number of furan rings is 1. The second-order valence-corrected chi connectivity index (χ2v) is 4.20. The van der Waals surface area contributed by atoms with Gasteiger partial charge < -0.3 is 10.2 Å². The van der Waals surface area contributed by atoms with E-state index in [1.807, 2.05) is 0 Å². The molecule has 2 nitrogen and oxygen atoms in total. The van der Waals surface area contributed by atoms with Crippen molar-refractivity contribution in [2.75, 3.05) is 6.54 Å². The van der Waals surface area contributed by atoms with Gasteiger partial charge in [-0.05, 0) is 24.5 Å². The summed E-state index contributed by atoms with van der Waals surface area (Å²) in [5.74, 6) is 4.04. The highest BCUT2D eigenvalue weighted by Gasteiger charge is 2.36. The molecule has 1 heterocycles. The molecule has 1 aliphatic carbocycles. The molecule has 0 aliphatic heterocycles. The maximum atomic E-state index is 5.75. The van der Waals surface area contributed by atoms with Crippen LogP contribution in [0.2, 0.25) is 0 Å². The van der Waals surface area contributed by atoms with E-state index in [2.05, 4.69) is 26.0 Å². The minimum atomic E-state index is 0.350. The average molecular weight is 179 g/mol. The lowest BCUT2D eigenvalue weighted by Gasteiger charge is -2.02. The van der Waals surface area contributed by atoms with Gasteiger partial charge in [-0.25, -0.2) is 0 Å². The van der Waals surface area contributed by atoms with E-state index < -0.39 is 0 Å². The number of nitrogens with two attached hydrogens (primary N) is 1. The fraction of sp³-hybridized carbons (Fsp3) is 0.636. The molecule has 2 N–H and O–H groups in total. The second kappa shape index (κ2) is 3.18. The van der Waals surface area contributed by atoms with Gasteiger partial charge >= 0.3 is 0 Å². The number of hydrogen-bond acceptors (Lipinski definition) is 2. The average Bonchev–Trinajstić information content (AvgIpc) is 2.70. The van der Waals surface area contributed by atoms with Crippen molar-refractivity contribution in [3.05, 3.63) is 23.7 Å². The Morgan fingerprint density at radius 2 is 2.31 bits per heavy atom. The van der Waals surface area contributed by atoms with Crippen molar-refractivity contribution in [3.63, 3.8) is 0 Å². The molecule has 3 atom stereocenters. The van der Waals surface area contributed by atoms with Crippen LogP contribution in [0.5, 0.6) is 0 Å². The van der Waals surface area contributed by atoms with Crippen LogP contribution in [0.3, 0.4) is 0 Å². The monoisotopic (exact) mass is 179 g/mol. The third-order valence-corrected chi connectivity index (χ3v) is 2.96. The molecule has 0 saturated heterocycles. The van der Waals surface area contributed by atoms with Crippen molar-refractivity contribution in [2.45, 2.75) is 32.1 Å². The van der Waals surface area contributed by atoms with E-state index in [0.29, 0.717) is 18.4 Å². The SMILES string of the molecule is CC(CN)c1ccc(C2CC2C)o1. The number of rotatable bonds is 3. The Balaban J connectivity index is 2.09. The summed E-state index contributed by atoms with van der Waals surface area (Å²) in [6.45, 7) is 5.02. The first-order valence-electron chi connectivity index (χ1n) is 5.02. The molecule has 0 radical (unpaired) electrons. The van der Waals surface area contributed by atoms with Gasteiger partial charge in [0.05, 0.1) is 0 Å². The maximum absolute atomic E-state index is 5.75. The zero-order chi connectivity index (χ0) is 9.42. The van der Waals surface area contributed by atoms with Gasteiger partial charge in [0.1, 0.15) is 11.5 Å². The van der Waals surface area contributed by atoms with E-state index in [1.54, 1.807) is 0 Å². The Bertz CT molecular complexity index is 274. The Morgan fingerprint density at radius 3 is 2.85 bits per heavy atom. The first-order valence-corrected chi connectivity index (χ1v) is 5.02. The van der Waals surface area contributed by atoms with Crippen LogP contribution < -0.4 is 5.73 Å². The topological polar surface area (TPSA) is 39.2 Å². The number of hydrogen-bond donors (Lipinski definition) is 1. The lowest BCUT2D eigenvalue weighted by atomic mass is 10.1. The quantitative estimate of drug-likeness (QED) is 0.774. The molecule has 13 heavy (non-hydrogen) atoms. The zero-order valence-corrected chi connectivity index (χ0v) is 8.29. The molecular formula is C11H17NO. The van der Waals surface area contributed by atoms with Crippen LogP contribution in [0, 0.1) is 5.92 Å². The maximum Gasteiger partial charge on any atom is 0.108 e. The van der Waals surface area contributed by atoms with Crippen LogP contribution >= 0.6 is 0 Å². The van der Waals surface area contributed by atoms with E-state index >= 15 is 0 Å². The third kappa shape index (κ3) is 1.63. The Labute approximate surface area is 79.1 Å². The lowest BCUT2D eigenvalue weighted by Crippen LogP contribution is -2.07. The summed E-state index contributed by atoms with van der Waals surface area (Å²) >= 11 is 0. The van der Waals surface area contributed by atoms with Gasteiger partial charge in [0.25, 0.3) is 0 Å². The highest BCUT2D eigenvalue weighted by Crippen LogP contribution is 2.47. The van der Waals surface area contributed by atoms with E-state index in [4.69, 9.17) is 10.2 Å². The Morgan fingerprint density at radius 1 is 1.62 bits per heavy atom. The van der Waals surface area contributed by atoms with Gasteiger partial charge in [0.15, 0.2) is 0 Å². The summed E-state index contributed by atoms with van der Waals surface area (Å²) in [6, 6.07) is 4.17. The highest BCUT2D eigenvalue weighted by molar-refractivity contribution is 5.19. The molecule has 1 aromatic heterocycles. The van der Waals surface area contributed by atoms with Gasteiger partial charge in [0, 0.05) is 18.4 Å². The smallest absolute Gasteiger partial charge is 0.108 e. The van der Waals surface area contributed by atoms with Crippen molar-refractivity contribution < 1.29 is 4.42 Å². The molecule has 1 aliphatic rings. The molecule has 72 valence electrons. The predicted molar refractivity (Wildman–Crippen MR) is 52.7 cm³/mol. The van der Waals surface area contributed by atoms with Crippen molar-refractivity contribution in [1.29, 1.82) is 0 Å². The molecule has 0 spiro atoms. The van der Waals surface area contributed by atoms with Crippen LogP contribution in [0.1, 0.15) is 43.6 Å². The van der Waals surface area contributed by atoms with Crippen LogP contribution in [-0.2, 0) is 0 Å². The Kier molecular flexibility index (Phi) is 2.16. The molecule has 3 unspecified atom stereocenters. The van der Waals surface area contributed by atoms with Crippen LogP contribution in [0.15, 0.2) is 16.5 Å². The van der Waals surface area contributed by atoms with Gasteiger partial charge in [-0.15, -0.1) is 0 Å². The van der Waals surface area contributed by atoms with E-state index in [9.17, 15) is 0 Å². The predicted octanol–water partition coefficient (Wildman–Crippen LogP) is 2.47. The minimum Gasteiger partial charge on any atom is -0.465 e. The van der Waals surface area contributed by atoms with Gasteiger partial charge in [-0.3, -0.25) is 0 Å². The highest BCUT2D eigenvalue weighted by atomic mass is 16.3. The van der Waals surface area contributed by atoms with Gasteiger partial charge in [-0.2, -0.15) is 0 Å². The van der Waals surface area contributed by atoms with E-state index in [1.165, 1.54) is 6.42 Å². The summed E-state index contributed by atoms with van der Waals surface area (Å²) in [7, 11) is 0. The van der Waals surface area contributed by atoms with Crippen LogP contribution in [0.25, 0.3) is 0 Å². The van der Waals surface area contributed by atoms with Crippen molar-refractivity contribution in [2.24, 2.45) is 11.7 Å². The minimum absolute atomic E-state index is 0.350. The molecule has 2 heteroatoms. The van der Waals surface area contributed by atoms with Crippen LogP contribution in [0.4, 0.5) is 0 Å². The molecule has 0 aromatic carbocycles. The summed E-state index contributed by atoms with van der Waals surface area (Å²) in [6.07, 6.45) is 1.28. The molecule has 1 fully saturated rings. The molecule has 2 rings (SSSR count). The largest absolute Gasteiger partial charge is 0.465 e. The Hall–Kier alpha value is -0.760. The van der Waals surface area contributed by atoms with Crippen molar-refractivity contribution in [1.82, 2.24) is 0 Å². The standard InChI is InChI=1S/C11H17NO/c1-7-5-9(7)11-4-3-10(13-11)8(2)6-12/h3-4,7-9H,5-6,12H2,1-2H3. The van der Waals surface area contributed by atoms with Crippen molar-refractivity contribution in [3.8, 4) is 0 Å². The molecule has 0 amide bonds. The van der Waals surface area contributed by atoms with Crippen LogP contribution in [-0.4, -0.2) is 6.54 Å². The first kappa shape index (κ1) is 8.82. The third-order valence-electron chi connectivity index (χ3n) is 2.96. The summed E-state index contributed by atoms with van der Waals surface area (Å²) in [5, 5.41) is 0. The van der Waals surface area contributed by atoms with Gasteiger partial charge in [-0.1, -0.05) is 13.8 Å². The summed E-state index contributed by atoms with van der Waals surface area (Å²) < 4.78 is 5.75.